The molecule has 0 aliphatic heterocycles. The number of nitrogens with two attached hydrogens (primary N) is 1. The van der Waals surface area contributed by atoms with Crippen molar-refractivity contribution < 1.29 is 14.3 Å². The molecule has 98 valence electrons. The van der Waals surface area contributed by atoms with Crippen LogP contribution in [0.2, 0.25) is 0 Å². The van der Waals surface area contributed by atoms with E-state index in [1.165, 1.54) is 0 Å². The third kappa shape index (κ3) is 4.20. The standard InChI is InChI=1S/C14H19NO3/c1-2-11-10-12(6-7-13(11)14(15)17)18-9-5-3-4-8-16/h6-8,10H,2-5,9H2,1H3,(H2,15,17). The summed E-state index contributed by atoms with van der Waals surface area (Å²) >= 11 is 0. The SMILES string of the molecule is CCc1cc(OCCCCC=O)ccc1C(N)=O. The van der Waals surface area contributed by atoms with Crippen LogP contribution >= 0.6 is 0 Å². The van der Waals surface area contributed by atoms with Gasteiger partial charge in [-0.05, 0) is 43.0 Å². The van der Waals surface area contributed by atoms with Gasteiger partial charge in [0, 0.05) is 12.0 Å². The number of amides is 1. The second-order valence-corrected chi connectivity index (χ2v) is 4.05. The molecule has 0 fully saturated rings. The molecule has 1 aromatic rings. The summed E-state index contributed by atoms with van der Waals surface area (Å²) in [5.41, 5.74) is 6.73. The molecule has 4 nitrogen and oxygen atoms in total. The lowest BCUT2D eigenvalue weighted by atomic mass is 10.0. The molecule has 0 unspecified atom stereocenters. The van der Waals surface area contributed by atoms with Crippen LogP contribution in [0.4, 0.5) is 0 Å². The van der Waals surface area contributed by atoms with E-state index in [1.54, 1.807) is 12.1 Å². The summed E-state index contributed by atoms with van der Waals surface area (Å²) in [4.78, 5) is 21.3. The Morgan fingerprint density at radius 3 is 2.78 bits per heavy atom. The van der Waals surface area contributed by atoms with Crippen molar-refractivity contribution >= 4 is 12.2 Å². The number of aryl methyl sites for hydroxylation is 1. The highest BCUT2D eigenvalue weighted by Crippen LogP contribution is 2.18. The summed E-state index contributed by atoms with van der Waals surface area (Å²) in [7, 11) is 0. The van der Waals surface area contributed by atoms with E-state index in [0.717, 1.165) is 36.9 Å². The van der Waals surface area contributed by atoms with E-state index < -0.39 is 5.91 Å². The highest BCUT2D eigenvalue weighted by molar-refractivity contribution is 5.94. The third-order valence-corrected chi connectivity index (χ3v) is 2.71. The molecular formula is C14H19NO3. The van der Waals surface area contributed by atoms with Crippen molar-refractivity contribution in [3.05, 3.63) is 29.3 Å². The normalized spacial score (nSPS) is 10.1. The molecule has 0 saturated heterocycles. The van der Waals surface area contributed by atoms with Crippen molar-refractivity contribution in [2.75, 3.05) is 6.61 Å². The van der Waals surface area contributed by atoms with Crippen molar-refractivity contribution in [3.8, 4) is 5.75 Å². The lowest BCUT2D eigenvalue weighted by Gasteiger charge is -2.09. The lowest BCUT2D eigenvalue weighted by Crippen LogP contribution is -2.13. The number of hydrogen-bond donors (Lipinski definition) is 1. The minimum Gasteiger partial charge on any atom is -0.494 e. The summed E-state index contributed by atoms with van der Waals surface area (Å²) in [6.45, 7) is 2.54. The first-order chi connectivity index (χ1) is 8.69. The predicted molar refractivity (Wildman–Crippen MR) is 69.7 cm³/mol. The molecular weight excluding hydrogens is 230 g/mol. The van der Waals surface area contributed by atoms with Crippen LogP contribution in [0.5, 0.6) is 5.75 Å². The van der Waals surface area contributed by atoms with E-state index >= 15 is 0 Å². The van der Waals surface area contributed by atoms with E-state index in [9.17, 15) is 9.59 Å². The van der Waals surface area contributed by atoms with Crippen molar-refractivity contribution in [1.82, 2.24) is 0 Å². The molecule has 4 heteroatoms. The molecule has 0 heterocycles. The van der Waals surface area contributed by atoms with E-state index in [4.69, 9.17) is 10.5 Å². The van der Waals surface area contributed by atoms with Gasteiger partial charge in [-0.3, -0.25) is 4.79 Å². The van der Waals surface area contributed by atoms with E-state index in [0.29, 0.717) is 18.6 Å². The van der Waals surface area contributed by atoms with Gasteiger partial charge in [0.2, 0.25) is 5.91 Å². The maximum Gasteiger partial charge on any atom is 0.248 e. The van der Waals surface area contributed by atoms with Crippen LogP contribution in [-0.4, -0.2) is 18.8 Å². The molecule has 0 aromatic heterocycles. The van der Waals surface area contributed by atoms with Crippen LogP contribution in [0.15, 0.2) is 18.2 Å². The number of carbonyl (C=O) groups is 2. The van der Waals surface area contributed by atoms with Crippen LogP contribution in [0.1, 0.15) is 42.1 Å². The second kappa shape index (κ2) is 7.48. The Labute approximate surface area is 107 Å². The van der Waals surface area contributed by atoms with E-state index in [-0.39, 0.29) is 0 Å². The largest absolute Gasteiger partial charge is 0.494 e. The van der Waals surface area contributed by atoms with Crippen molar-refractivity contribution in [2.24, 2.45) is 5.73 Å². The molecule has 1 aromatic carbocycles. The highest BCUT2D eigenvalue weighted by Gasteiger charge is 2.07. The zero-order chi connectivity index (χ0) is 13.4. The van der Waals surface area contributed by atoms with Crippen LogP contribution in [0.3, 0.4) is 0 Å². The molecule has 0 bridgehead atoms. The van der Waals surface area contributed by atoms with Gasteiger partial charge in [0.15, 0.2) is 0 Å². The van der Waals surface area contributed by atoms with Gasteiger partial charge in [-0.15, -0.1) is 0 Å². The van der Waals surface area contributed by atoms with Gasteiger partial charge < -0.3 is 15.3 Å². The molecule has 1 amide bonds. The highest BCUT2D eigenvalue weighted by atomic mass is 16.5. The topological polar surface area (TPSA) is 69.4 Å². The molecule has 2 N–H and O–H groups in total. The summed E-state index contributed by atoms with van der Waals surface area (Å²) < 4.78 is 5.56. The number of rotatable bonds is 8. The predicted octanol–water partition coefficient (Wildman–Crippen LogP) is 2.10. The molecule has 0 atom stereocenters. The maximum absolute atomic E-state index is 11.2. The number of aldehydes is 1. The van der Waals surface area contributed by atoms with E-state index in [2.05, 4.69) is 0 Å². The molecule has 0 aliphatic rings. The zero-order valence-corrected chi connectivity index (χ0v) is 10.6. The average molecular weight is 249 g/mol. The smallest absolute Gasteiger partial charge is 0.248 e. The van der Waals surface area contributed by atoms with Crippen LogP contribution in [-0.2, 0) is 11.2 Å². The summed E-state index contributed by atoms with van der Waals surface area (Å²) in [5.74, 6) is 0.326. The Bertz CT molecular complexity index is 416. The molecule has 0 spiro atoms. The summed E-state index contributed by atoms with van der Waals surface area (Å²) in [6, 6.07) is 5.29. The minimum atomic E-state index is -0.413. The number of ether oxygens (including phenoxy) is 1. The van der Waals surface area contributed by atoms with Crippen molar-refractivity contribution in [1.29, 1.82) is 0 Å². The fourth-order valence-corrected chi connectivity index (χ4v) is 1.71. The van der Waals surface area contributed by atoms with Crippen LogP contribution < -0.4 is 10.5 Å². The monoisotopic (exact) mass is 249 g/mol. The summed E-state index contributed by atoms with van der Waals surface area (Å²) in [6.07, 6.45) is 3.91. The Morgan fingerprint density at radius 2 is 2.17 bits per heavy atom. The molecule has 1 rings (SSSR count). The van der Waals surface area contributed by atoms with Gasteiger partial charge in [0.05, 0.1) is 6.61 Å². The zero-order valence-electron chi connectivity index (χ0n) is 10.6. The number of primary amides is 1. The first kappa shape index (κ1) is 14.2. The van der Waals surface area contributed by atoms with Gasteiger partial charge in [-0.25, -0.2) is 0 Å². The fourth-order valence-electron chi connectivity index (χ4n) is 1.71. The van der Waals surface area contributed by atoms with Crippen molar-refractivity contribution in [2.45, 2.75) is 32.6 Å². The first-order valence-electron chi connectivity index (χ1n) is 6.18. The second-order valence-electron chi connectivity index (χ2n) is 4.05. The van der Waals surface area contributed by atoms with Gasteiger partial charge in [-0.2, -0.15) is 0 Å². The van der Waals surface area contributed by atoms with Crippen LogP contribution in [0.25, 0.3) is 0 Å². The van der Waals surface area contributed by atoms with Gasteiger partial charge in [0.1, 0.15) is 12.0 Å². The fraction of sp³-hybridized carbons (Fsp3) is 0.429. The number of carbonyl (C=O) groups excluding carboxylic acids is 2. The Morgan fingerprint density at radius 1 is 1.39 bits per heavy atom. The third-order valence-electron chi connectivity index (χ3n) is 2.71. The Hall–Kier alpha value is -1.84. The average Bonchev–Trinajstić information content (AvgIpc) is 2.38. The maximum atomic E-state index is 11.2. The Kier molecular flexibility index (Phi) is 5.91. The quantitative estimate of drug-likeness (QED) is 0.566. The first-order valence-corrected chi connectivity index (χ1v) is 6.18. The van der Waals surface area contributed by atoms with Gasteiger partial charge >= 0.3 is 0 Å². The minimum absolute atomic E-state index is 0.413. The number of hydrogen-bond acceptors (Lipinski definition) is 3. The van der Waals surface area contributed by atoms with Crippen LogP contribution in [0, 0.1) is 0 Å². The number of unbranched alkanes of at least 4 members (excludes halogenated alkanes) is 2. The molecule has 0 saturated carbocycles. The van der Waals surface area contributed by atoms with Gasteiger partial charge in [-0.1, -0.05) is 6.92 Å². The van der Waals surface area contributed by atoms with Gasteiger partial charge in [0.25, 0.3) is 0 Å². The summed E-state index contributed by atoms with van der Waals surface area (Å²) in [5, 5.41) is 0. The lowest BCUT2D eigenvalue weighted by molar-refractivity contribution is -0.107. The molecule has 0 aliphatic carbocycles. The number of benzene rings is 1. The van der Waals surface area contributed by atoms with E-state index in [1.807, 2.05) is 13.0 Å². The Balaban J connectivity index is 2.57. The molecule has 18 heavy (non-hydrogen) atoms. The molecule has 0 radical (unpaired) electrons. The van der Waals surface area contributed by atoms with Crippen molar-refractivity contribution in [3.63, 3.8) is 0 Å².